The van der Waals surface area contributed by atoms with Gasteiger partial charge in [0.2, 0.25) is 0 Å². The summed E-state index contributed by atoms with van der Waals surface area (Å²) in [5.74, 6) is 0. The van der Waals surface area contributed by atoms with Crippen LogP contribution in [0.4, 0.5) is 0 Å². The second-order valence-corrected chi connectivity index (χ2v) is 3.27. The van der Waals surface area contributed by atoms with Crippen molar-refractivity contribution in [2.24, 2.45) is 0 Å². The van der Waals surface area contributed by atoms with Crippen molar-refractivity contribution in [3.8, 4) is 0 Å². The summed E-state index contributed by atoms with van der Waals surface area (Å²) >= 11 is 8.92. The van der Waals surface area contributed by atoms with Crippen molar-refractivity contribution in [2.75, 3.05) is 6.00 Å². The molecule has 0 atom stereocenters. The zero-order valence-electron chi connectivity index (χ0n) is 5.98. The third-order valence-corrected chi connectivity index (χ3v) is 2.33. The zero-order valence-corrected chi connectivity index (χ0v) is 8.32. The first-order valence-corrected chi connectivity index (χ1v) is 4.67. The molecule has 0 heterocycles. The van der Waals surface area contributed by atoms with Crippen LogP contribution in [-0.2, 0) is 6.54 Å². The van der Waals surface area contributed by atoms with Crippen molar-refractivity contribution >= 4 is 27.5 Å². The van der Waals surface area contributed by atoms with Gasteiger partial charge < -0.3 is 0 Å². The van der Waals surface area contributed by atoms with Crippen LogP contribution in [0.15, 0.2) is 28.7 Å². The molecule has 0 bridgehead atoms. The Labute approximate surface area is 79.9 Å². The molecule has 0 radical (unpaired) electrons. The highest BCUT2D eigenvalue weighted by Gasteiger charge is 1.95. The highest BCUT2D eigenvalue weighted by molar-refractivity contribution is 9.10. The molecule has 0 aliphatic heterocycles. The van der Waals surface area contributed by atoms with E-state index in [4.69, 9.17) is 11.6 Å². The van der Waals surface area contributed by atoms with Gasteiger partial charge in [-0.3, -0.25) is 5.32 Å². The highest BCUT2D eigenvalue weighted by Crippen LogP contribution is 2.14. The molecule has 0 saturated heterocycles. The van der Waals surface area contributed by atoms with E-state index in [-0.39, 0.29) is 0 Å². The Morgan fingerprint density at radius 2 is 2.09 bits per heavy atom. The highest BCUT2D eigenvalue weighted by atomic mass is 79.9. The van der Waals surface area contributed by atoms with Crippen LogP contribution in [0.1, 0.15) is 5.56 Å². The summed E-state index contributed by atoms with van der Waals surface area (Å²) in [6.07, 6.45) is 0. The van der Waals surface area contributed by atoms with E-state index < -0.39 is 0 Å². The fraction of sp³-hybridized carbons (Fsp3) is 0.250. The fourth-order valence-corrected chi connectivity index (χ4v) is 1.34. The van der Waals surface area contributed by atoms with E-state index in [0.717, 1.165) is 11.0 Å². The number of halogens is 2. The largest absolute Gasteiger partial charge is 0.300 e. The number of rotatable bonds is 3. The first-order chi connectivity index (χ1) is 5.34. The van der Waals surface area contributed by atoms with Crippen LogP contribution in [0.25, 0.3) is 0 Å². The lowest BCUT2D eigenvalue weighted by atomic mass is 10.2. The number of hydrogen-bond acceptors (Lipinski definition) is 1. The maximum Gasteiger partial charge on any atom is 0.0716 e. The van der Waals surface area contributed by atoms with Crippen molar-refractivity contribution < 1.29 is 0 Å². The van der Waals surface area contributed by atoms with E-state index in [1.165, 1.54) is 5.56 Å². The minimum Gasteiger partial charge on any atom is -0.300 e. The molecular weight excluding hydrogens is 225 g/mol. The molecular formula is C8H9BrClN. The molecule has 11 heavy (non-hydrogen) atoms. The second kappa shape index (κ2) is 4.75. The summed E-state index contributed by atoms with van der Waals surface area (Å²) in [6, 6.07) is 8.57. The molecule has 0 aromatic heterocycles. The quantitative estimate of drug-likeness (QED) is 0.626. The van der Waals surface area contributed by atoms with Gasteiger partial charge in [0, 0.05) is 11.0 Å². The summed E-state index contributed by atoms with van der Waals surface area (Å²) < 4.78 is 1.12. The van der Waals surface area contributed by atoms with Gasteiger partial charge in [-0.1, -0.05) is 34.1 Å². The van der Waals surface area contributed by atoms with Crippen molar-refractivity contribution in [2.45, 2.75) is 6.54 Å². The van der Waals surface area contributed by atoms with Gasteiger partial charge in [-0.05, 0) is 11.6 Å². The monoisotopic (exact) mass is 233 g/mol. The third kappa shape index (κ3) is 2.81. The Bertz CT molecular complexity index is 227. The van der Waals surface area contributed by atoms with E-state index in [9.17, 15) is 0 Å². The van der Waals surface area contributed by atoms with E-state index >= 15 is 0 Å². The maximum absolute atomic E-state index is 5.48. The Kier molecular flexibility index (Phi) is 3.91. The molecule has 3 heteroatoms. The average molecular weight is 235 g/mol. The van der Waals surface area contributed by atoms with E-state index in [0.29, 0.717) is 6.00 Å². The lowest BCUT2D eigenvalue weighted by Gasteiger charge is -2.02. The van der Waals surface area contributed by atoms with Crippen LogP contribution in [0, 0.1) is 0 Å². The molecule has 0 amide bonds. The Hall–Kier alpha value is -0.0500. The van der Waals surface area contributed by atoms with Gasteiger partial charge in [0.25, 0.3) is 0 Å². The van der Waals surface area contributed by atoms with E-state index in [1.54, 1.807) is 0 Å². The van der Waals surface area contributed by atoms with E-state index in [1.807, 2.05) is 18.2 Å². The molecule has 60 valence electrons. The standard InChI is InChI=1S/C8H9BrClN/c9-8-4-2-1-3-7(8)5-11-6-10/h1-4,11H,5-6H2. The van der Waals surface area contributed by atoms with Crippen LogP contribution in [0.3, 0.4) is 0 Å². The molecule has 0 saturated carbocycles. The van der Waals surface area contributed by atoms with Gasteiger partial charge in [-0.25, -0.2) is 0 Å². The Morgan fingerprint density at radius 3 is 2.73 bits per heavy atom. The number of benzene rings is 1. The van der Waals surface area contributed by atoms with Gasteiger partial charge in [-0.15, -0.1) is 11.6 Å². The Balaban J connectivity index is 2.62. The molecule has 1 aromatic carbocycles. The van der Waals surface area contributed by atoms with Gasteiger partial charge in [0.05, 0.1) is 6.00 Å². The van der Waals surface area contributed by atoms with Gasteiger partial charge in [0.1, 0.15) is 0 Å². The van der Waals surface area contributed by atoms with Crippen molar-refractivity contribution in [1.29, 1.82) is 0 Å². The minimum atomic E-state index is 0.487. The molecule has 0 spiro atoms. The first kappa shape index (κ1) is 9.04. The van der Waals surface area contributed by atoms with Gasteiger partial charge >= 0.3 is 0 Å². The summed E-state index contributed by atoms with van der Waals surface area (Å²) in [7, 11) is 0. The fourth-order valence-electron chi connectivity index (χ4n) is 0.824. The van der Waals surface area contributed by atoms with Crippen LogP contribution in [0.5, 0.6) is 0 Å². The summed E-state index contributed by atoms with van der Waals surface area (Å²) in [5.41, 5.74) is 1.23. The van der Waals surface area contributed by atoms with Gasteiger partial charge in [-0.2, -0.15) is 0 Å². The van der Waals surface area contributed by atoms with Crippen LogP contribution < -0.4 is 5.32 Å². The summed E-state index contributed by atoms with van der Waals surface area (Å²) in [6.45, 7) is 0.810. The molecule has 1 rings (SSSR count). The predicted octanol–water partition coefficient (Wildman–Crippen LogP) is 2.74. The van der Waals surface area contributed by atoms with Crippen molar-refractivity contribution in [3.63, 3.8) is 0 Å². The van der Waals surface area contributed by atoms with Gasteiger partial charge in [0.15, 0.2) is 0 Å². The molecule has 0 unspecified atom stereocenters. The molecule has 1 N–H and O–H groups in total. The van der Waals surface area contributed by atoms with E-state index in [2.05, 4.69) is 27.3 Å². The van der Waals surface area contributed by atoms with Crippen LogP contribution >= 0.6 is 27.5 Å². The average Bonchev–Trinajstić information content (AvgIpc) is 2.03. The predicted molar refractivity (Wildman–Crippen MR) is 51.7 cm³/mol. The smallest absolute Gasteiger partial charge is 0.0716 e. The summed E-state index contributed by atoms with van der Waals surface area (Å²) in [4.78, 5) is 0. The normalized spacial score (nSPS) is 10.0. The number of nitrogens with one attached hydrogen (secondary N) is 1. The molecule has 0 aliphatic carbocycles. The topological polar surface area (TPSA) is 12.0 Å². The zero-order chi connectivity index (χ0) is 8.10. The van der Waals surface area contributed by atoms with Crippen molar-refractivity contribution in [3.05, 3.63) is 34.3 Å². The first-order valence-electron chi connectivity index (χ1n) is 3.34. The number of alkyl halides is 1. The molecule has 1 aromatic rings. The minimum absolute atomic E-state index is 0.487. The lowest BCUT2D eigenvalue weighted by Crippen LogP contribution is -2.10. The second-order valence-electron chi connectivity index (χ2n) is 2.15. The molecule has 0 aliphatic rings. The summed E-state index contributed by atoms with van der Waals surface area (Å²) in [5, 5.41) is 3.04. The van der Waals surface area contributed by atoms with Crippen LogP contribution in [-0.4, -0.2) is 6.00 Å². The molecule has 1 nitrogen and oxygen atoms in total. The van der Waals surface area contributed by atoms with Crippen LogP contribution in [0.2, 0.25) is 0 Å². The molecule has 0 fully saturated rings. The lowest BCUT2D eigenvalue weighted by molar-refractivity contribution is 0.788. The third-order valence-electron chi connectivity index (χ3n) is 1.37. The SMILES string of the molecule is ClCNCc1ccccc1Br. The number of hydrogen-bond donors (Lipinski definition) is 1. The van der Waals surface area contributed by atoms with Crippen molar-refractivity contribution in [1.82, 2.24) is 5.32 Å². The Morgan fingerprint density at radius 1 is 1.36 bits per heavy atom. The maximum atomic E-state index is 5.48.